The Kier molecular flexibility index (Phi) is 4.76. The van der Waals surface area contributed by atoms with Gasteiger partial charge in [0.1, 0.15) is 5.82 Å². The van der Waals surface area contributed by atoms with Crippen molar-refractivity contribution in [2.45, 2.75) is 26.8 Å². The number of nitrogens with one attached hydrogen (secondary N) is 1. The molecule has 1 aliphatic heterocycles. The molecule has 0 unspecified atom stereocenters. The summed E-state index contributed by atoms with van der Waals surface area (Å²) in [4.78, 5) is 10.5. The minimum Gasteiger partial charge on any atom is -0.378 e. The van der Waals surface area contributed by atoms with Crippen LogP contribution in [-0.4, -0.2) is 41.2 Å². The first kappa shape index (κ1) is 16.5. The van der Waals surface area contributed by atoms with Gasteiger partial charge < -0.3 is 9.72 Å². The Hall–Kier alpha value is -1.36. The molecule has 2 heterocycles. The fraction of sp³-hybridized carbons (Fsp3) is 0.500. The quantitative estimate of drug-likeness (QED) is 0.917. The molecule has 23 heavy (non-hydrogen) atoms. The predicted molar refractivity (Wildman–Crippen MR) is 93.6 cm³/mol. The van der Waals surface area contributed by atoms with E-state index in [-0.39, 0.29) is 11.5 Å². The summed E-state index contributed by atoms with van der Waals surface area (Å²) < 4.78 is 5.69. The highest BCUT2D eigenvalue weighted by Crippen LogP contribution is 2.28. The maximum absolute atomic E-state index is 5.96. The summed E-state index contributed by atoms with van der Waals surface area (Å²) in [7, 11) is 0. The van der Waals surface area contributed by atoms with E-state index < -0.39 is 0 Å². The Morgan fingerprint density at radius 2 is 2.04 bits per heavy atom. The summed E-state index contributed by atoms with van der Waals surface area (Å²) in [5.74, 6) is 0.971. The fourth-order valence-electron chi connectivity index (χ4n) is 2.97. The number of rotatable bonds is 3. The van der Waals surface area contributed by atoms with Gasteiger partial charge in [0.05, 0.1) is 31.1 Å². The third kappa shape index (κ3) is 4.14. The van der Waals surface area contributed by atoms with Crippen molar-refractivity contribution in [1.29, 1.82) is 0 Å². The van der Waals surface area contributed by atoms with E-state index in [0.717, 1.165) is 41.8 Å². The number of hydrogen-bond donors (Lipinski definition) is 1. The van der Waals surface area contributed by atoms with Crippen molar-refractivity contribution in [3.63, 3.8) is 0 Å². The van der Waals surface area contributed by atoms with Gasteiger partial charge in [0, 0.05) is 18.1 Å². The number of nitrogens with zero attached hydrogens (tertiary/aromatic N) is 2. The Morgan fingerprint density at radius 3 is 2.74 bits per heavy atom. The van der Waals surface area contributed by atoms with Crippen molar-refractivity contribution in [2.75, 3.05) is 26.3 Å². The maximum Gasteiger partial charge on any atom is 0.126 e. The van der Waals surface area contributed by atoms with Crippen molar-refractivity contribution in [2.24, 2.45) is 5.41 Å². The lowest BCUT2D eigenvalue weighted by molar-refractivity contribution is -0.0246. The van der Waals surface area contributed by atoms with Gasteiger partial charge in [-0.1, -0.05) is 44.5 Å². The second-order valence-electron chi connectivity index (χ2n) is 7.31. The lowest BCUT2D eigenvalue weighted by Gasteiger charge is -2.38. The molecule has 2 aromatic rings. The van der Waals surface area contributed by atoms with E-state index in [0.29, 0.717) is 6.61 Å². The van der Waals surface area contributed by atoms with Crippen molar-refractivity contribution >= 4 is 11.6 Å². The number of aromatic nitrogens is 2. The molecule has 1 aromatic carbocycles. The van der Waals surface area contributed by atoms with Gasteiger partial charge in [0.2, 0.25) is 0 Å². The highest BCUT2D eigenvalue weighted by molar-refractivity contribution is 6.30. The van der Waals surface area contributed by atoms with Gasteiger partial charge in [0.15, 0.2) is 0 Å². The van der Waals surface area contributed by atoms with Crippen LogP contribution >= 0.6 is 11.6 Å². The smallest absolute Gasteiger partial charge is 0.126 e. The summed E-state index contributed by atoms with van der Waals surface area (Å²) in [6, 6.07) is 7.98. The van der Waals surface area contributed by atoms with Crippen LogP contribution in [0.4, 0.5) is 0 Å². The summed E-state index contributed by atoms with van der Waals surface area (Å²) in [6.07, 6.45) is 1.89. The average molecular weight is 334 g/mol. The zero-order valence-corrected chi connectivity index (χ0v) is 14.7. The molecule has 0 radical (unpaired) electrons. The summed E-state index contributed by atoms with van der Waals surface area (Å²) >= 11 is 5.96. The molecule has 0 amide bonds. The fourth-order valence-corrected chi connectivity index (χ4v) is 3.10. The Bertz CT molecular complexity index is 645. The number of aromatic amines is 1. The van der Waals surface area contributed by atoms with Crippen LogP contribution in [0.25, 0.3) is 11.3 Å². The molecule has 124 valence electrons. The first-order chi connectivity index (χ1) is 10.9. The van der Waals surface area contributed by atoms with Crippen molar-refractivity contribution in [3.05, 3.63) is 41.3 Å². The van der Waals surface area contributed by atoms with Gasteiger partial charge in [-0.3, -0.25) is 4.90 Å². The highest BCUT2D eigenvalue weighted by Gasteiger charge is 2.29. The highest BCUT2D eigenvalue weighted by atomic mass is 35.5. The number of imidazole rings is 1. The van der Waals surface area contributed by atoms with Gasteiger partial charge >= 0.3 is 0 Å². The first-order valence-electron chi connectivity index (χ1n) is 8.05. The molecule has 1 aliphatic rings. The number of morpholine rings is 1. The molecule has 4 nitrogen and oxygen atoms in total. The summed E-state index contributed by atoms with van der Waals surface area (Å²) in [5.41, 5.74) is 2.35. The summed E-state index contributed by atoms with van der Waals surface area (Å²) in [5, 5.41) is 0.741. The average Bonchev–Trinajstić information content (AvgIpc) is 2.96. The monoisotopic (exact) mass is 333 g/mol. The normalized spacial score (nSPS) is 19.9. The van der Waals surface area contributed by atoms with Gasteiger partial charge in [-0.25, -0.2) is 4.98 Å². The van der Waals surface area contributed by atoms with Crippen LogP contribution in [0.15, 0.2) is 30.5 Å². The van der Waals surface area contributed by atoms with Crippen LogP contribution in [0.3, 0.4) is 0 Å². The maximum atomic E-state index is 5.96. The lowest BCUT2D eigenvalue weighted by atomic mass is 9.95. The van der Waals surface area contributed by atoms with Gasteiger partial charge in [-0.15, -0.1) is 0 Å². The molecule has 5 heteroatoms. The van der Waals surface area contributed by atoms with Gasteiger partial charge in [0.25, 0.3) is 0 Å². The Labute approximate surface area is 142 Å². The minimum absolute atomic E-state index is 0.184. The number of halogens is 1. The zero-order valence-electron chi connectivity index (χ0n) is 14.0. The molecule has 0 spiro atoms. The summed E-state index contributed by atoms with van der Waals surface area (Å²) in [6.45, 7) is 10.2. The molecule has 1 fully saturated rings. The van der Waals surface area contributed by atoms with Crippen LogP contribution in [0.2, 0.25) is 5.02 Å². The number of benzene rings is 1. The second kappa shape index (κ2) is 6.63. The molecular formula is C18H24ClN3O. The van der Waals surface area contributed by atoms with E-state index in [1.54, 1.807) is 0 Å². The minimum atomic E-state index is 0.184. The second-order valence-corrected chi connectivity index (χ2v) is 7.75. The first-order valence-corrected chi connectivity index (χ1v) is 8.43. The molecule has 1 atom stereocenters. The van der Waals surface area contributed by atoms with Crippen molar-refractivity contribution < 1.29 is 4.74 Å². The molecule has 1 N–H and O–H groups in total. The standard InChI is InChI=1S/C18H24ClN3O/c1-18(2,3)12-22-8-9-23-11-16(22)17-20-10-15(21-17)13-4-6-14(19)7-5-13/h4-7,10,16H,8-9,11-12H2,1-3H3,(H,20,21)/t16-/m0/s1. The van der Waals surface area contributed by atoms with Crippen LogP contribution in [0.1, 0.15) is 32.6 Å². The topological polar surface area (TPSA) is 41.1 Å². The molecular weight excluding hydrogens is 310 g/mol. The molecule has 0 aliphatic carbocycles. The molecule has 1 aromatic heterocycles. The van der Waals surface area contributed by atoms with Crippen molar-refractivity contribution in [3.8, 4) is 11.3 Å². The third-order valence-electron chi connectivity index (χ3n) is 3.98. The number of hydrogen-bond acceptors (Lipinski definition) is 3. The Balaban J connectivity index is 1.81. The van der Waals surface area contributed by atoms with E-state index in [1.807, 2.05) is 30.5 Å². The lowest BCUT2D eigenvalue weighted by Crippen LogP contribution is -2.44. The van der Waals surface area contributed by atoms with Crippen LogP contribution in [-0.2, 0) is 4.74 Å². The van der Waals surface area contributed by atoms with Crippen molar-refractivity contribution in [1.82, 2.24) is 14.9 Å². The van der Waals surface area contributed by atoms with Crippen LogP contribution in [0.5, 0.6) is 0 Å². The van der Waals surface area contributed by atoms with Crippen LogP contribution < -0.4 is 0 Å². The SMILES string of the molecule is CC(C)(C)CN1CCOC[C@H]1c1ncc(-c2ccc(Cl)cc2)[nH]1. The largest absolute Gasteiger partial charge is 0.378 e. The predicted octanol–water partition coefficient (Wildman–Crippen LogP) is 4.15. The van der Waals surface area contributed by atoms with E-state index in [4.69, 9.17) is 16.3 Å². The zero-order chi connectivity index (χ0) is 16.4. The van der Waals surface area contributed by atoms with Crippen LogP contribution in [0, 0.1) is 5.41 Å². The molecule has 0 bridgehead atoms. The third-order valence-corrected chi connectivity index (χ3v) is 4.24. The number of ether oxygens (including phenoxy) is 1. The van der Waals surface area contributed by atoms with E-state index >= 15 is 0 Å². The molecule has 3 rings (SSSR count). The molecule has 1 saturated heterocycles. The molecule has 0 saturated carbocycles. The van der Waals surface area contributed by atoms with E-state index in [1.165, 1.54) is 0 Å². The van der Waals surface area contributed by atoms with E-state index in [2.05, 4.69) is 35.6 Å². The number of H-pyrrole nitrogens is 1. The van der Waals surface area contributed by atoms with E-state index in [9.17, 15) is 0 Å². The Morgan fingerprint density at radius 1 is 1.30 bits per heavy atom. The van der Waals surface area contributed by atoms with Gasteiger partial charge in [-0.05, 0) is 23.1 Å². The van der Waals surface area contributed by atoms with Gasteiger partial charge in [-0.2, -0.15) is 0 Å².